The van der Waals surface area contributed by atoms with E-state index in [0.717, 1.165) is 36.7 Å². The molecule has 0 radical (unpaired) electrons. The molecule has 5 nitrogen and oxygen atoms in total. The lowest BCUT2D eigenvalue weighted by Gasteiger charge is -2.16. The van der Waals surface area contributed by atoms with E-state index < -0.39 is 0 Å². The van der Waals surface area contributed by atoms with Crippen LogP contribution in [-0.2, 0) is 0 Å². The first-order chi connectivity index (χ1) is 9.06. The van der Waals surface area contributed by atoms with Gasteiger partial charge in [-0.25, -0.2) is 0 Å². The van der Waals surface area contributed by atoms with Crippen molar-refractivity contribution >= 4 is 27.3 Å². The van der Waals surface area contributed by atoms with E-state index in [1.807, 2.05) is 0 Å². The van der Waals surface area contributed by atoms with Gasteiger partial charge in [-0.05, 0) is 43.2 Å². The summed E-state index contributed by atoms with van der Waals surface area (Å²) in [6.07, 6.45) is 4.02. The highest BCUT2D eigenvalue weighted by molar-refractivity contribution is 9.10. The largest absolute Gasteiger partial charge is 0.396 e. The number of hydrogen-bond donors (Lipinski definition) is 2. The Labute approximate surface area is 120 Å². The fourth-order valence-electron chi connectivity index (χ4n) is 2.24. The molecule has 0 aromatic heterocycles. The number of aliphatic hydroxyl groups excluding tert-OH is 1. The summed E-state index contributed by atoms with van der Waals surface area (Å²) in [5.41, 5.74) is 0.870. The number of nitrogens with one attached hydrogen (secondary N) is 1. The van der Waals surface area contributed by atoms with Crippen LogP contribution in [0, 0.1) is 15.5 Å². The van der Waals surface area contributed by atoms with Crippen LogP contribution in [0.1, 0.15) is 25.7 Å². The van der Waals surface area contributed by atoms with Gasteiger partial charge in [0.15, 0.2) is 0 Å². The normalized spacial score (nSPS) is 16.1. The highest BCUT2D eigenvalue weighted by Gasteiger charge is 2.41. The highest BCUT2D eigenvalue weighted by atomic mass is 79.9. The zero-order valence-electron chi connectivity index (χ0n) is 10.6. The van der Waals surface area contributed by atoms with Crippen LogP contribution in [0.25, 0.3) is 0 Å². The summed E-state index contributed by atoms with van der Waals surface area (Å²) < 4.78 is 0.820. The molecule has 0 saturated heterocycles. The number of nitro benzene ring substituents is 1. The second-order valence-electron chi connectivity index (χ2n) is 5.10. The Morgan fingerprint density at radius 1 is 1.47 bits per heavy atom. The summed E-state index contributed by atoms with van der Waals surface area (Å²) in [4.78, 5) is 10.6. The fraction of sp³-hybridized carbons (Fsp3) is 0.538. The van der Waals surface area contributed by atoms with Crippen molar-refractivity contribution in [2.24, 2.45) is 5.41 Å². The van der Waals surface area contributed by atoms with Crippen molar-refractivity contribution in [3.05, 3.63) is 32.8 Å². The van der Waals surface area contributed by atoms with E-state index in [9.17, 15) is 10.1 Å². The third-order valence-electron chi connectivity index (χ3n) is 3.63. The molecule has 0 heterocycles. The summed E-state index contributed by atoms with van der Waals surface area (Å²) in [6.45, 7) is 0.934. The number of halogens is 1. The smallest absolute Gasteiger partial charge is 0.292 e. The first-order valence-corrected chi connectivity index (χ1v) is 7.14. The molecule has 0 aliphatic heterocycles. The molecule has 1 aromatic carbocycles. The average molecular weight is 329 g/mol. The van der Waals surface area contributed by atoms with Crippen LogP contribution < -0.4 is 5.32 Å². The van der Waals surface area contributed by atoms with Crippen LogP contribution >= 0.6 is 15.9 Å². The lowest BCUT2D eigenvalue weighted by atomic mass is 10.0. The van der Waals surface area contributed by atoms with Gasteiger partial charge in [0.1, 0.15) is 5.69 Å². The Balaban J connectivity index is 2.03. The zero-order chi connectivity index (χ0) is 13.9. The molecule has 0 unspecified atom stereocenters. The minimum Gasteiger partial charge on any atom is -0.396 e. The lowest BCUT2D eigenvalue weighted by Crippen LogP contribution is -2.16. The Hall–Kier alpha value is -1.14. The summed E-state index contributed by atoms with van der Waals surface area (Å²) in [5.74, 6) is 0. The number of nitrogens with zero attached hydrogens (tertiary/aromatic N) is 1. The minimum atomic E-state index is -0.373. The number of nitro groups is 1. The molecule has 2 rings (SSSR count). The second-order valence-corrected chi connectivity index (χ2v) is 6.01. The number of aliphatic hydroxyl groups is 1. The van der Waals surface area contributed by atoms with Gasteiger partial charge >= 0.3 is 0 Å². The van der Waals surface area contributed by atoms with Crippen LogP contribution in [0.15, 0.2) is 22.7 Å². The summed E-state index contributed by atoms with van der Waals surface area (Å²) >= 11 is 3.33. The van der Waals surface area contributed by atoms with Crippen molar-refractivity contribution in [2.75, 3.05) is 18.5 Å². The van der Waals surface area contributed by atoms with E-state index in [1.54, 1.807) is 12.1 Å². The maximum atomic E-state index is 11.0. The summed E-state index contributed by atoms with van der Waals surface area (Å²) in [7, 11) is 0. The minimum absolute atomic E-state index is 0.0983. The van der Waals surface area contributed by atoms with Crippen molar-refractivity contribution < 1.29 is 10.0 Å². The van der Waals surface area contributed by atoms with E-state index >= 15 is 0 Å². The van der Waals surface area contributed by atoms with Crippen molar-refractivity contribution in [2.45, 2.75) is 25.7 Å². The Kier molecular flexibility index (Phi) is 4.42. The first kappa shape index (κ1) is 14.3. The maximum Gasteiger partial charge on any atom is 0.292 e. The molecule has 0 amide bonds. The topological polar surface area (TPSA) is 75.4 Å². The van der Waals surface area contributed by atoms with Crippen molar-refractivity contribution in [1.29, 1.82) is 0 Å². The molecule has 104 valence electrons. The van der Waals surface area contributed by atoms with E-state index in [1.165, 1.54) is 6.07 Å². The van der Waals surface area contributed by atoms with Gasteiger partial charge in [0.2, 0.25) is 0 Å². The number of benzene rings is 1. The fourth-order valence-corrected chi connectivity index (χ4v) is 2.60. The van der Waals surface area contributed by atoms with Crippen LogP contribution in [0.2, 0.25) is 0 Å². The van der Waals surface area contributed by atoms with Crippen LogP contribution in [0.5, 0.6) is 0 Å². The highest BCUT2D eigenvalue weighted by Crippen LogP contribution is 2.49. The molecule has 6 heteroatoms. The average Bonchev–Trinajstić information content (AvgIpc) is 3.14. The van der Waals surface area contributed by atoms with Gasteiger partial charge in [-0.3, -0.25) is 10.1 Å². The number of rotatable bonds is 7. The zero-order valence-corrected chi connectivity index (χ0v) is 12.1. The third kappa shape index (κ3) is 3.67. The van der Waals surface area contributed by atoms with Crippen LogP contribution in [-0.4, -0.2) is 23.2 Å². The van der Waals surface area contributed by atoms with E-state index in [0.29, 0.717) is 5.69 Å². The predicted molar refractivity (Wildman–Crippen MR) is 77.3 cm³/mol. The van der Waals surface area contributed by atoms with E-state index in [2.05, 4.69) is 21.2 Å². The second kappa shape index (κ2) is 5.88. The molecule has 1 saturated carbocycles. The molecular formula is C13H17BrN2O3. The van der Waals surface area contributed by atoms with Gasteiger partial charge in [-0.1, -0.05) is 15.9 Å². The first-order valence-electron chi connectivity index (χ1n) is 6.35. The van der Waals surface area contributed by atoms with Crippen molar-refractivity contribution in [3.63, 3.8) is 0 Å². The number of anilines is 1. The Bertz CT molecular complexity index is 475. The van der Waals surface area contributed by atoms with Gasteiger partial charge in [0.05, 0.1) is 4.92 Å². The SMILES string of the molecule is O=[N+]([O-])c1ccc(Br)cc1NCC1(CCCO)CC1. The van der Waals surface area contributed by atoms with Crippen molar-refractivity contribution in [1.82, 2.24) is 0 Å². The van der Waals surface area contributed by atoms with Gasteiger partial charge in [0, 0.05) is 23.7 Å². The Morgan fingerprint density at radius 3 is 2.79 bits per heavy atom. The lowest BCUT2D eigenvalue weighted by molar-refractivity contribution is -0.384. The van der Waals surface area contributed by atoms with Crippen LogP contribution in [0.4, 0.5) is 11.4 Å². The number of hydrogen-bond acceptors (Lipinski definition) is 4. The van der Waals surface area contributed by atoms with Gasteiger partial charge < -0.3 is 10.4 Å². The van der Waals surface area contributed by atoms with E-state index in [4.69, 9.17) is 5.11 Å². The van der Waals surface area contributed by atoms with Gasteiger partial charge in [-0.2, -0.15) is 0 Å². The molecule has 0 atom stereocenters. The Morgan fingerprint density at radius 2 is 2.21 bits per heavy atom. The third-order valence-corrected chi connectivity index (χ3v) is 4.12. The maximum absolute atomic E-state index is 11.0. The molecule has 0 bridgehead atoms. The molecule has 1 aliphatic carbocycles. The van der Waals surface area contributed by atoms with Gasteiger partial charge in [-0.15, -0.1) is 0 Å². The molecule has 1 aliphatic rings. The molecular weight excluding hydrogens is 312 g/mol. The van der Waals surface area contributed by atoms with Crippen LogP contribution in [0.3, 0.4) is 0 Å². The molecule has 19 heavy (non-hydrogen) atoms. The quantitative estimate of drug-likeness (QED) is 0.594. The molecule has 2 N–H and O–H groups in total. The standard InChI is InChI=1S/C13H17BrN2O3/c14-10-2-3-12(16(18)19)11(8-10)15-9-13(5-6-13)4-1-7-17/h2-3,8,15,17H,1,4-7,9H2. The summed E-state index contributed by atoms with van der Waals surface area (Å²) in [5, 5.41) is 23.0. The summed E-state index contributed by atoms with van der Waals surface area (Å²) in [6, 6.07) is 4.90. The van der Waals surface area contributed by atoms with Gasteiger partial charge in [0.25, 0.3) is 5.69 Å². The molecule has 0 spiro atoms. The predicted octanol–water partition coefficient (Wildman–Crippen LogP) is 3.32. The monoisotopic (exact) mass is 328 g/mol. The molecule has 1 fully saturated rings. The molecule has 1 aromatic rings. The van der Waals surface area contributed by atoms with E-state index in [-0.39, 0.29) is 22.6 Å². The van der Waals surface area contributed by atoms with Crippen molar-refractivity contribution in [3.8, 4) is 0 Å².